The molecule has 192 valence electrons. The molecule has 5 heteroatoms. The molecule has 0 aromatic heterocycles. The van der Waals surface area contributed by atoms with Crippen molar-refractivity contribution in [3.05, 3.63) is 0 Å². The lowest BCUT2D eigenvalue weighted by molar-refractivity contribution is -0.217. The van der Waals surface area contributed by atoms with Gasteiger partial charge in [0.15, 0.2) is 0 Å². The third-order valence-corrected chi connectivity index (χ3v) is 11.9. The van der Waals surface area contributed by atoms with Crippen molar-refractivity contribution in [3.63, 3.8) is 0 Å². The molecular formula is C28H50O4S. The summed E-state index contributed by atoms with van der Waals surface area (Å²) in [5.41, 5.74) is -0.450. The SMILES string of the molecule is CC(C)CCC[C@@H](C)[C@@H]1CC[C@@H]2[C@@H]3CC[C@@]4(O)C[C@H](OS(C)(=O)=O)CC[C@]4(C)[C@@H]3CC[C@@]21C. The zero-order chi connectivity index (χ0) is 24.2. The van der Waals surface area contributed by atoms with E-state index in [1.54, 1.807) is 0 Å². The first-order valence-electron chi connectivity index (χ1n) is 13.9. The van der Waals surface area contributed by atoms with Crippen LogP contribution in [0.4, 0.5) is 0 Å². The summed E-state index contributed by atoms with van der Waals surface area (Å²) in [6, 6.07) is 0. The van der Waals surface area contributed by atoms with Gasteiger partial charge in [-0.1, -0.05) is 53.9 Å². The number of hydrogen-bond donors (Lipinski definition) is 1. The van der Waals surface area contributed by atoms with Crippen LogP contribution in [-0.2, 0) is 14.3 Å². The molecule has 4 nitrogen and oxygen atoms in total. The van der Waals surface area contributed by atoms with E-state index in [4.69, 9.17) is 4.18 Å². The predicted molar refractivity (Wildman–Crippen MR) is 134 cm³/mol. The Balaban J connectivity index is 1.47. The van der Waals surface area contributed by atoms with E-state index in [1.807, 2.05) is 0 Å². The smallest absolute Gasteiger partial charge is 0.264 e. The first kappa shape index (κ1) is 25.9. The van der Waals surface area contributed by atoms with Crippen molar-refractivity contribution in [1.29, 1.82) is 0 Å². The minimum atomic E-state index is -3.49. The summed E-state index contributed by atoms with van der Waals surface area (Å²) in [7, 11) is -3.49. The summed E-state index contributed by atoms with van der Waals surface area (Å²) in [6.45, 7) is 12.1. The van der Waals surface area contributed by atoms with Gasteiger partial charge in [0.2, 0.25) is 0 Å². The second-order valence-electron chi connectivity index (χ2n) is 13.6. The van der Waals surface area contributed by atoms with Crippen molar-refractivity contribution < 1.29 is 17.7 Å². The van der Waals surface area contributed by atoms with Crippen LogP contribution in [0.1, 0.15) is 112 Å². The molecule has 0 heterocycles. The van der Waals surface area contributed by atoms with Gasteiger partial charge >= 0.3 is 0 Å². The van der Waals surface area contributed by atoms with Crippen molar-refractivity contribution in [2.24, 2.45) is 46.3 Å². The van der Waals surface area contributed by atoms with Crippen LogP contribution in [0.5, 0.6) is 0 Å². The lowest BCUT2D eigenvalue weighted by atomic mass is 9.43. The maximum absolute atomic E-state index is 11.9. The quantitative estimate of drug-likeness (QED) is 0.417. The summed E-state index contributed by atoms with van der Waals surface area (Å²) in [4.78, 5) is 0. The Hall–Kier alpha value is -0.130. The fourth-order valence-corrected chi connectivity index (χ4v) is 10.2. The van der Waals surface area contributed by atoms with Gasteiger partial charge in [-0.15, -0.1) is 0 Å². The summed E-state index contributed by atoms with van der Waals surface area (Å²) >= 11 is 0. The van der Waals surface area contributed by atoms with Gasteiger partial charge in [0.25, 0.3) is 10.1 Å². The summed E-state index contributed by atoms with van der Waals surface area (Å²) in [6.07, 6.45) is 14.1. The molecule has 0 unspecified atom stereocenters. The summed E-state index contributed by atoms with van der Waals surface area (Å²) in [5.74, 6) is 4.54. The van der Waals surface area contributed by atoms with E-state index < -0.39 is 15.7 Å². The number of fused-ring (bicyclic) bond motifs is 5. The van der Waals surface area contributed by atoms with Crippen LogP contribution in [0.25, 0.3) is 0 Å². The summed E-state index contributed by atoms with van der Waals surface area (Å²) in [5, 5.41) is 11.9. The molecule has 4 aliphatic carbocycles. The fourth-order valence-electron chi connectivity index (χ4n) is 9.56. The van der Waals surface area contributed by atoms with Crippen molar-refractivity contribution in [1.82, 2.24) is 0 Å². The van der Waals surface area contributed by atoms with E-state index >= 15 is 0 Å². The molecule has 4 fully saturated rings. The van der Waals surface area contributed by atoms with Crippen molar-refractivity contribution >= 4 is 10.1 Å². The van der Waals surface area contributed by atoms with Crippen LogP contribution < -0.4 is 0 Å². The molecule has 0 saturated heterocycles. The van der Waals surface area contributed by atoms with Crippen molar-refractivity contribution in [3.8, 4) is 0 Å². The maximum atomic E-state index is 11.9. The normalized spacial score (nSPS) is 46.5. The lowest BCUT2D eigenvalue weighted by Crippen LogP contribution is -2.63. The van der Waals surface area contributed by atoms with E-state index in [9.17, 15) is 13.5 Å². The molecule has 33 heavy (non-hydrogen) atoms. The van der Waals surface area contributed by atoms with Crippen LogP contribution in [0, 0.1) is 46.3 Å². The average Bonchev–Trinajstić information content (AvgIpc) is 3.04. The zero-order valence-corrected chi connectivity index (χ0v) is 22.9. The maximum Gasteiger partial charge on any atom is 0.264 e. The highest BCUT2D eigenvalue weighted by Gasteiger charge is 2.64. The number of aliphatic hydroxyl groups is 1. The zero-order valence-electron chi connectivity index (χ0n) is 22.1. The highest BCUT2D eigenvalue weighted by Crippen LogP contribution is 2.69. The lowest BCUT2D eigenvalue weighted by Gasteiger charge is -2.64. The minimum Gasteiger partial charge on any atom is -0.389 e. The third-order valence-electron chi connectivity index (χ3n) is 11.3. The molecule has 0 radical (unpaired) electrons. The first-order valence-corrected chi connectivity index (χ1v) is 15.7. The molecule has 1 N–H and O–H groups in total. The Labute approximate surface area is 203 Å². The number of rotatable bonds is 7. The monoisotopic (exact) mass is 482 g/mol. The minimum absolute atomic E-state index is 0.115. The van der Waals surface area contributed by atoms with Gasteiger partial charge in [0.1, 0.15) is 0 Å². The van der Waals surface area contributed by atoms with Gasteiger partial charge < -0.3 is 5.11 Å². The van der Waals surface area contributed by atoms with Gasteiger partial charge in [0.05, 0.1) is 18.0 Å². The van der Waals surface area contributed by atoms with Crippen LogP contribution in [0.2, 0.25) is 0 Å². The topological polar surface area (TPSA) is 63.6 Å². The second-order valence-corrected chi connectivity index (χ2v) is 15.2. The predicted octanol–water partition coefficient (Wildman–Crippen LogP) is 6.57. The third kappa shape index (κ3) is 4.69. The molecule has 0 spiro atoms. The molecule has 0 aromatic rings. The van der Waals surface area contributed by atoms with Crippen LogP contribution in [0.3, 0.4) is 0 Å². The molecule has 0 bridgehead atoms. The van der Waals surface area contributed by atoms with Crippen molar-refractivity contribution in [2.75, 3.05) is 6.26 Å². The van der Waals surface area contributed by atoms with Gasteiger partial charge in [-0.25, -0.2) is 0 Å². The van der Waals surface area contributed by atoms with Crippen molar-refractivity contribution in [2.45, 2.75) is 123 Å². The highest BCUT2D eigenvalue weighted by atomic mass is 32.2. The Kier molecular flexibility index (Phi) is 7.13. The van der Waals surface area contributed by atoms with Gasteiger partial charge in [-0.2, -0.15) is 8.42 Å². The summed E-state index contributed by atoms with van der Waals surface area (Å²) < 4.78 is 28.8. The molecule has 9 atom stereocenters. The number of hydrogen-bond acceptors (Lipinski definition) is 4. The molecule has 4 aliphatic rings. The first-order chi connectivity index (χ1) is 15.3. The van der Waals surface area contributed by atoms with E-state index in [1.165, 1.54) is 44.9 Å². The van der Waals surface area contributed by atoms with Crippen LogP contribution >= 0.6 is 0 Å². The van der Waals surface area contributed by atoms with E-state index in [0.29, 0.717) is 23.7 Å². The molecule has 4 saturated carbocycles. The molecule has 0 aliphatic heterocycles. The standard InChI is InChI=1S/C28H50O4S/c1-19(2)8-7-9-20(3)23-10-11-24-22-13-17-28(29)18-21(32-33(6,30)31)12-16-27(28,5)25(22)14-15-26(23,24)4/h19-25,29H,7-18H2,1-6H3/t20-,21-,22+,23+,24-,25-,26-,27-,28-/m1/s1. The molecular weight excluding hydrogens is 432 g/mol. The molecule has 0 amide bonds. The average molecular weight is 483 g/mol. The Bertz CT molecular complexity index is 809. The van der Waals surface area contributed by atoms with E-state index in [2.05, 4.69) is 34.6 Å². The van der Waals surface area contributed by atoms with Gasteiger partial charge in [-0.05, 0) is 97.7 Å². The highest BCUT2D eigenvalue weighted by molar-refractivity contribution is 7.86. The van der Waals surface area contributed by atoms with Gasteiger partial charge in [-0.3, -0.25) is 4.18 Å². The molecule has 0 aromatic carbocycles. The second kappa shape index (κ2) is 9.07. The van der Waals surface area contributed by atoms with Gasteiger partial charge in [0, 0.05) is 6.42 Å². The fraction of sp³-hybridized carbons (Fsp3) is 1.00. The van der Waals surface area contributed by atoms with E-state index in [-0.39, 0.29) is 11.5 Å². The molecule has 4 rings (SSSR count). The Morgan fingerprint density at radius 1 is 0.939 bits per heavy atom. The largest absolute Gasteiger partial charge is 0.389 e. The van der Waals surface area contributed by atoms with E-state index in [0.717, 1.165) is 55.6 Å². The Morgan fingerprint density at radius 2 is 1.67 bits per heavy atom. The Morgan fingerprint density at radius 3 is 2.33 bits per heavy atom. The van der Waals surface area contributed by atoms with Crippen LogP contribution in [0.15, 0.2) is 0 Å². The van der Waals surface area contributed by atoms with Crippen LogP contribution in [-0.4, -0.2) is 31.5 Å².